The number of rotatable bonds is 8. The molecule has 1 heterocycles. The summed E-state index contributed by atoms with van der Waals surface area (Å²) in [7, 11) is 1.49. The van der Waals surface area contributed by atoms with E-state index in [2.05, 4.69) is 0 Å². The topological polar surface area (TPSA) is 110 Å². The lowest BCUT2D eigenvalue weighted by Crippen LogP contribution is -2.52. The Morgan fingerprint density at radius 2 is 1.45 bits per heavy atom. The Labute approximate surface area is 251 Å². The maximum atomic E-state index is 13.7. The van der Waals surface area contributed by atoms with Crippen molar-refractivity contribution in [1.29, 1.82) is 0 Å². The molecule has 3 aromatic carbocycles. The van der Waals surface area contributed by atoms with Crippen LogP contribution in [0.4, 0.5) is 0 Å². The average molecular weight is 609 g/mol. The maximum absolute atomic E-state index is 13.7. The smallest absolute Gasteiger partial charge is 0.343 e. The van der Waals surface area contributed by atoms with E-state index >= 15 is 0 Å². The third-order valence-corrected chi connectivity index (χ3v) is 8.18. The van der Waals surface area contributed by atoms with Gasteiger partial charge < -0.3 is 9.47 Å². The highest BCUT2D eigenvalue weighted by Crippen LogP contribution is 2.39. The number of carbonyl (C=O) groups excluding carboxylic acids is 5. The van der Waals surface area contributed by atoms with Gasteiger partial charge in [0, 0.05) is 11.1 Å². The van der Waals surface area contributed by atoms with Crippen LogP contribution in [0.2, 0.25) is 10.0 Å². The first-order chi connectivity index (χ1) is 20.2. The quantitative estimate of drug-likeness (QED) is 0.141. The molecule has 0 radical (unpaired) electrons. The summed E-state index contributed by atoms with van der Waals surface area (Å²) < 4.78 is 10.5. The van der Waals surface area contributed by atoms with E-state index in [0.717, 1.165) is 22.9 Å². The van der Waals surface area contributed by atoms with Crippen LogP contribution >= 0.6 is 23.2 Å². The van der Waals surface area contributed by atoms with Gasteiger partial charge in [-0.15, -0.1) is 0 Å². The number of carbonyl (C=O) groups is 5. The van der Waals surface area contributed by atoms with Crippen molar-refractivity contribution in [3.8, 4) is 11.5 Å². The molecular formula is C31H26Cl2N2O7. The number of nitrogens with zero attached hydrogens (tertiary/aromatic N) is 2. The Kier molecular flexibility index (Phi) is 8.61. The zero-order chi connectivity index (χ0) is 30.0. The molecule has 0 spiro atoms. The number of amides is 3. The van der Waals surface area contributed by atoms with E-state index in [4.69, 9.17) is 32.7 Å². The highest BCUT2D eigenvalue weighted by Gasteiger charge is 2.51. The van der Waals surface area contributed by atoms with Gasteiger partial charge >= 0.3 is 5.97 Å². The molecule has 0 aromatic heterocycles. The summed E-state index contributed by atoms with van der Waals surface area (Å²) >= 11 is 12.1. The Morgan fingerprint density at radius 1 is 0.810 bits per heavy atom. The maximum Gasteiger partial charge on any atom is 0.343 e. The van der Waals surface area contributed by atoms with Crippen molar-refractivity contribution in [2.45, 2.75) is 25.7 Å². The molecular weight excluding hydrogens is 583 g/mol. The Hall–Kier alpha value is -4.21. The van der Waals surface area contributed by atoms with Crippen LogP contribution in [0.3, 0.4) is 0 Å². The fraction of sp³-hybridized carbons (Fsp3) is 0.258. The summed E-state index contributed by atoms with van der Waals surface area (Å²) in [6.07, 6.45) is 2.71. The van der Waals surface area contributed by atoms with Crippen LogP contribution in [0.15, 0.2) is 66.7 Å². The third-order valence-electron chi connectivity index (χ3n) is 7.45. The summed E-state index contributed by atoms with van der Waals surface area (Å²) in [5.74, 6) is -3.24. The van der Waals surface area contributed by atoms with Crippen LogP contribution < -0.4 is 9.47 Å². The number of imide groups is 1. The molecule has 0 unspecified atom stereocenters. The highest BCUT2D eigenvalue weighted by atomic mass is 35.5. The molecule has 216 valence electrons. The van der Waals surface area contributed by atoms with Crippen molar-refractivity contribution in [2.75, 3.05) is 13.7 Å². The number of fused-ring (bicyclic) bond motifs is 1. The third kappa shape index (κ3) is 5.89. The second-order valence-corrected chi connectivity index (χ2v) is 10.9. The number of hydrazine groups is 1. The molecule has 5 rings (SSSR count). The van der Waals surface area contributed by atoms with Crippen molar-refractivity contribution >= 4 is 52.7 Å². The number of Topliss-reactive ketones (excluding diaryl/α,β-unsaturated/α-hetero) is 1. The van der Waals surface area contributed by atoms with E-state index < -0.39 is 47.9 Å². The van der Waals surface area contributed by atoms with E-state index in [9.17, 15) is 24.0 Å². The first-order valence-electron chi connectivity index (χ1n) is 13.3. The first-order valence-corrected chi connectivity index (χ1v) is 14.1. The second kappa shape index (κ2) is 12.3. The molecule has 9 nitrogen and oxygen atoms in total. The average Bonchev–Trinajstić information content (AvgIpc) is 3.26. The number of methoxy groups -OCH3 is 1. The lowest BCUT2D eigenvalue weighted by atomic mass is 9.81. The standard InChI is InChI=1S/C31H26Cl2N2O7/c1-41-22-6-4-5-20(15-22)31(40)42-21-12-9-18(10-13-21)27(36)17-34(28(37)19-11-14-25(32)26(33)16-19)35-29(38)23-7-2-3-8-24(23)30(35)39/h4-6,9-16,23-24H,2-3,7-8,17H2,1H3/t23-,24-/m1/s1. The normalized spacial score (nSPS) is 17.9. The summed E-state index contributed by atoms with van der Waals surface area (Å²) in [5, 5.41) is 2.05. The monoisotopic (exact) mass is 608 g/mol. The molecule has 1 aliphatic carbocycles. The first kappa shape index (κ1) is 29.3. The lowest BCUT2D eigenvalue weighted by molar-refractivity contribution is -0.154. The Morgan fingerprint density at radius 3 is 2.07 bits per heavy atom. The molecule has 42 heavy (non-hydrogen) atoms. The highest BCUT2D eigenvalue weighted by molar-refractivity contribution is 6.42. The Balaban J connectivity index is 1.37. The van der Waals surface area contributed by atoms with Gasteiger partial charge in [0.05, 0.1) is 34.6 Å². The fourth-order valence-electron chi connectivity index (χ4n) is 5.25. The van der Waals surface area contributed by atoms with E-state index in [1.807, 2.05) is 0 Å². The molecule has 0 bridgehead atoms. The van der Waals surface area contributed by atoms with Crippen LogP contribution in [-0.4, -0.2) is 53.1 Å². The van der Waals surface area contributed by atoms with Gasteiger partial charge in [-0.05, 0) is 73.5 Å². The molecule has 2 atom stereocenters. The SMILES string of the molecule is COc1cccc(C(=O)Oc2ccc(C(=O)CN(C(=O)c3ccc(Cl)c(Cl)c3)N3C(=O)[C@@H]4CCCC[C@H]4C3=O)cc2)c1. The minimum Gasteiger partial charge on any atom is -0.497 e. The number of halogens is 2. The lowest BCUT2D eigenvalue weighted by Gasteiger charge is -2.30. The fourth-order valence-corrected chi connectivity index (χ4v) is 5.54. The molecule has 1 saturated heterocycles. The van der Waals surface area contributed by atoms with Crippen molar-refractivity contribution < 1.29 is 33.4 Å². The van der Waals surface area contributed by atoms with Gasteiger partial charge in [-0.25, -0.2) is 9.80 Å². The summed E-state index contributed by atoms with van der Waals surface area (Å²) in [6.45, 7) is -0.584. The van der Waals surface area contributed by atoms with Gasteiger partial charge in [-0.1, -0.05) is 42.1 Å². The van der Waals surface area contributed by atoms with E-state index in [0.29, 0.717) is 18.6 Å². The van der Waals surface area contributed by atoms with Crippen LogP contribution in [0.1, 0.15) is 56.8 Å². The molecule has 3 amide bonds. The molecule has 2 fully saturated rings. The molecule has 11 heteroatoms. The summed E-state index contributed by atoms with van der Waals surface area (Å²) in [5.41, 5.74) is 0.526. The van der Waals surface area contributed by atoms with Crippen LogP contribution in [0, 0.1) is 11.8 Å². The predicted molar refractivity (Wildman–Crippen MR) is 154 cm³/mol. The number of hydrogen-bond acceptors (Lipinski definition) is 7. The zero-order valence-electron chi connectivity index (χ0n) is 22.5. The molecule has 1 saturated carbocycles. The number of ether oxygens (including phenoxy) is 2. The van der Waals surface area contributed by atoms with Crippen LogP contribution in [0.25, 0.3) is 0 Å². The van der Waals surface area contributed by atoms with Crippen molar-refractivity contribution in [3.63, 3.8) is 0 Å². The van der Waals surface area contributed by atoms with Gasteiger partial charge in [0.2, 0.25) is 0 Å². The van der Waals surface area contributed by atoms with E-state index in [-0.39, 0.29) is 32.5 Å². The van der Waals surface area contributed by atoms with Gasteiger partial charge in [-0.3, -0.25) is 19.2 Å². The van der Waals surface area contributed by atoms with Gasteiger partial charge in [0.1, 0.15) is 18.0 Å². The largest absolute Gasteiger partial charge is 0.497 e. The van der Waals surface area contributed by atoms with Gasteiger partial charge in [0.25, 0.3) is 17.7 Å². The van der Waals surface area contributed by atoms with Gasteiger partial charge in [0.15, 0.2) is 5.78 Å². The Bertz CT molecular complexity index is 1550. The summed E-state index contributed by atoms with van der Waals surface area (Å²) in [6, 6.07) is 16.4. The number of esters is 1. The van der Waals surface area contributed by atoms with Gasteiger partial charge in [-0.2, -0.15) is 5.01 Å². The number of ketones is 1. The van der Waals surface area contributed by atoms with Crippen molar-refractivity contribution in [1.82, 2.24) is 10.0 Å². The predicted octanol–water partition coefficient (Wildman–Crippen LogP) is 5.64. The molecule has 0 N–H and O–H groups in total. The number of hydrogen-bond donors (Lipinski definition) is 0. The number of benzene rings is 3. The molecule has 1 aliphatic heterocycles. The second-order valence-electron chi connectivity index (χ2n) is 10.0. The van der Waals surface area contributed by atoms with E-state index in [1.165, 1.54) is 55.6 Å². The molecule has 2 aliphatic rings. The van der Waals surface area contributed by atoms with E-state index in [1.54, 1.807) is 18.2 Å². The minimum absolute atomic E-state index is 0.0625. The van der Waals surface area contributed by atoms with Crippen LogP contribution in [-0.2, 0) is 9.59 Å². The summed E-state index contributed by atoms with van der Waals surface area (Å²) in [4.78, 5) is 66.4. The van der Waals surface area contributed by atoms with Crippen LogP contribution in [0.5, 0.6) is 11.5 Å². The van der Waals surface area contributed by atoms with Crippen molar-refractivity contribution in [3.05, 3.63) is 93.5 Å². The minimum atomic E-state index is -0.744. The molecule has 3 aromatic rings. The zero-order valence-corrected chi connectivity index (χ0v) is 24.1. The van der Waals surface area contributed by atoms with Crippen molar-refractivity contribution in [2.24, 2.45) is 11.8 Å².